The minimum Gasteiger partial charge on any atom is -0.284 e. The number of hydrogen-bond acceptors (Lipinski definition) is 3. The van der Waals surface area contributed by atoms with Crippen molar-refractivity contribution in [2.75, 3.05) is 0 Å². The van der Waals surface area contributed by atoms with Gasteiger partial charge in [0.1, 0.15) is 21.7 Å². The predicted molar refractivity (Wildman–Crippen MR) is 61.3 cm³/mol. The molecule has 0 radical (unpaired) electrons. The molecule has 0 aliphatic carbocycles. The number of nitrogens with zero attached hydrogens (tertiary/aromatic N) is 4. The van der Waals surface area contributed by atoms with Crippen LogP contribution in [0.5, 0.6) is 0 Å². The molecule has 0 saturated heterocycles. The summed E-state index contributed by atoms with van der Waals surface area (Å²) in [6, 6.07) is 1.87. The monoisotopic (exact) mass is 300 g/mol. The highest BCUT2D eigenvalue weighted by molar-refractivity contribution is 14.1. The zero-order valence-corrected chi connectivity index (χ0v) is 10.1. The molecule has 2 aromatic rings. The van der Waals surface area contributed by atoms with Crippen molar-refractivity contribution in [3.63, 3.8) is 0 Å². The minimum absolute atomic E-state index is 0.866. The molecule has 0 N–H and O–H groups in total. The van der Waals surface area contributed by atoms with E-state index in [0.29, 0.717) is 0 Å². The molecule has 72 valence electrons. The van der Waals surface area contributed by atoms with Gasteiger partial charge >= 0.3 is 0 Å². The van der Waals surface area contributed by atoms with Gasteiger partial charge in [0.25, 0.3) is 0 Å². The van der Waals surface area contributed by atoms with Crippen molar-refractivity contribution in [3.05, 3.63) is 33.8 Å². The van der Waals surface area contributed by atoms with Crippen molar-refractivity contribution >= 4 is 22.6 Å². The summed E-state index contributed by atoms with van der Waals surface area (Å²) in [4.78, 5) is 12.5. The Balaban J connectivity index is 2.62. The highest BCUT2D eigenvalue weighted by Gasteiger charge is 2.10. The van der Waals surface area contributed by atoms with Gasteiger partial charge in [-0.3, -0.25) is 4.57 Å². The molecule has 4 nitrogen and oxygen atoms in total. The summed E-state index contributed by atoms with van der Waals surface area (Å²) >= 11 is 2.22. The molecule has 0 spiro atoms. The molecule has 0 aliphatic heterocycles. The van der Waals surface area contributed by atoms with Crippen LogP contribution in [0.2, 0.25) is 0 Å². The van der Waals surface area contributed by atoms with Gasteiger partial charge in [-0.25, -0.2) is 15.0 Å². The third-order valence-electron chi connectivity index (χ3n) is 2.01. The molecular formula is C9H9IN4. The number of halogens is 1. The van der Waals surface area contributed by atoms with Gasteiger partial charge in [-0.15, -0.1) is 0 Å². The van der Waals surface area contributed by atoms with Gasteiger partial charge in [0.15, 0.2) is 0 Å². The normalized spacial score (nSPS) is 10.5. The van der Waals surface area contributed by atoms with Crippen LogP contribution in [0.3, 0.4) is 0 Å². The lowest BCUT2D eigenvalue weighted by Crippen LogP contribution is -2.01. The molecule has 0 aromatic carbocycles. The topological polar surface area (TPSA) is 43.6 Å². The van der Waals surface area contributed by atoms with Crippen LogP contribution in [0, 0.1) is 17.5 Å². The maximum Gasteiger partial charge on any atom is 0.141 e. The lowest BCUT2D eigenvalue weighted by Gasteiger charge is -2.04. The molecule has 0 fully saturated rings. The average molecular weight is 300 g/mol. The predicted octanol–water partition coefficient (Wildman–Crippen LogP) is 1.88. The van der Waals surface area contributed by atoms with Crippen molar-refractivity contribution in [2.45, 2.75) is 13.8 Å². The van der Waals surface area contributed by atoms with Crippen molar-refractivity contribution < 1.29 is 0 Å². The first-order valence-corrected chi connectivity index (χ1v) is 5.26. The second kappa shape index (κ2) is 3.64. The molecule has 0 amide bonds. The summed E-state index contributed by atoms with van der Waals surface area (Å²) in [6.45, 7) is 4.00. The smallest absolute Gasteiger partial charge is 0.141 e. The Morgan fingerprint density at radius 3 is 2.64 bits per heavy atom. The zero-order valence-electron chi connectivity index (χ0n) is 7.90. The zero-order chi connectivity index (χ0) is 10.1. The van der Waals surface area contributed by atoms with E-state index in [1.54, 1.807) is 12.5 Å². The summed E-state index contributed by atoms with van der Waals surface area (Å²) < 4.78 is 3.03. The number of aromatic nitrogens is 4. The van der Waals surface area contributed by atoms with E-state index in [4.69, 9.17) is 0 Å². The second-order valence-corrected chi connectivity index (χ2v) is 3.96. The third-order valence-corrected chi connectivity index (χ3v) is 3.03. The van der Waals surface area contributed by atoms with Crippen LogP contribution in [0.15, 0.2) is 18.6 Å². The molecule has 2 aromatic heterocycles. The first kappa shape index (κ1) is 9.57. The van der Waals surface area contributed by atoms with Crippen molar-refractivity contribution in [2.24, 2.45) is 0 Å². The highest BCUT2D eigenvalue weighted by atomic mass is 127. The van der Waals surface area contributed by atoms with Crippen molar-refractivity contribution in [1.29, 1.82) is 0 Å². The molecule has 14 heavy (non-hydrogen) atoms. The molecule has 2 heterocycles. The quantitative estimate of drug-likeness (QED) is 0.755. The van der Waals surface area contributed by atoms with Gasteiger partial charge in [0, 0.05) is 6.20 Å². The summed E-state index contributed by atoms with van der Waals surface area (Å²) in [5, 5.41) is 0. The Labute approximate surface area is 95.6 Å². The van der Waals surface area contributed by atoms with Crippen LogP contribution < -0.4 is 0 Å². The Morgan fingerprint density at radius 2 is 2.14 bits per heavy atom. The largest absolute Gasteiger partial charge is 0.284 e. The van der Waals surface area contributed by atoms with Crippen LogP contribution >= 0.6 is 22.6 Å². The molecule has 0 aliphatic rings. The second-order valence-electron chi connectivity index (χ2n) is 2.94. The van der Waals surface area contributed by atoms with Gasteiger partial charge in [-0.1, -0.05) is 0 Å². The lowest BCUT2D eigenvalue weighted by molar-refractivity contribution is 0.892. The average Bonchev–Trinajstić information content (AvgIpc) is 2.43. The number of rotatable bonds is 1. The highest BCUT2D eigenvalue weighted by Crippen LogP contribution is 2.16. The van der Waals surface area contributed by atoms with Crippen LogP contribution in [-0.2, 0) is 0 Å². The van der Waals surface area contributed by atoms with E-state index in [1.165, 1.54) is 0 Å². The summed E-state index contributed by atoms with van der Waals surface area (Å²) in [5.41, 5.74) is 1.11. The number of imidazole rings is 1. The maximum absolute atomic E-state index is 4.38. The van der Waals surface area contributed by atoms with Crippen molar-refractivity contribution in [1.82, 2.24) is 19.5 Å². The molecule has 2 rings (SSSR count). The Kier molecular flexibility index (Phi) is 2.49. The molecule has 0 saturated carbocycles. The van der Waals surface area contributed by atoms with Gasteiger partial charge in [0.2, 0.25) is 0 Å². The van der Waals surface area contributed by atoms with E-state index in [1.807, 2.05) is 24.5 Å². The van der Waals surface area contributed by atoms with E-state index in [9.17, 15) is 0 Å². The fourth-order valence-electron chi connectivity index (χ4n) is 1.36. The first-order valence-electron chi connectivity index (χ1n) is 4.18. The van der Waals surface area contributed by atoms with Crippen LogP contribution in [-0.4, -0.2) is 19.5 Å². The maximum atomic E-state index is 4.38. The number of aryl methyl sites for hydroxylation is 1. The molecule has 0 atom stereocenters. The van der Waals surface area contributed by atoms with Crippen LogP contribution in [0.4, 0.5) is 0 Å². The first-order chi connectivity index (χ1) is 6.70. The summed E-state index contributed by atoms with van der Waals surface area (Å²) in [6.07, 6.45) is 3.27. The fraction of sp³-hybridized carbons (Fsp3) is 0.222. The minimum atomic E-state index is 0.866. The van der Waals surface area contributed by atoms with Gasteiger partial charge in [-0.2, -0.15) is 0 Å². The molecular weight excluding hydrogens is 291 g/mol. The SMILES string of the molecule is Cc1nc(I)c(C)n1-c1ccncn1. The van der Waals surface area contributed by atoms with Gasteiger partial charge in [-0.05, 0) is 42.5 Å². The van der Waals surface area contributed by atoms with Gasteiger partial charge < -0.3 is 0 Å². The lowest BCUT2D eigenvalue weighted by atomic mass is 10.5. The Morgan fingerprint density at radius 1 is 1.36 bits per heavy atom. The van der Waals surface area contributed by atoms with E-state index >= 15 is 0 Å². The van der Waals surface area contributed by atoms with Gasteiger partial charge in [0.05, 0.1) is 5.69 Å². The Bertz CT molecular complexity index is 449. The molecule has 0 unspecified atom stereocenters. The third kappa shape index (κ3) is 1.52. The van der Waals surface area contributed by atoms with E-state index in [0.717, 1.165) is 21.0 Å². The summed E-state index contributed by atoms with van der Waals surface area (Å²) in [5.74, 6) is 1.82. The Hall–Kier alpha value is -0.980. The van der Waals surface area contributed by atoms with E-state index < -0.39 is 0 Å². The fourth-order valence-corrected chi connectivity index (χ4v) is 1.95. The summed E-state index contributed by atoms with van der Waals surface area (Å²) in [7, 11) is 0. The molecule has 0 bridgehead atoms. The van der Waals surface area contributed by atoms with E-state index in [2.05, 4.69) is 37.5 Å². The van der Waals surface area contributed by atoms with E-state index in [-0.39, 0.29) is 0 Å². The van der Waals surface area contributed by atoms with Crippen LogP contribution in [0.25, 0.3) is 5.82 Å². The van der Waals surface area contributed by atoms with Crippen molar-refractivity contribution in [3.8, 4) is 5.82 Å². The van der Waals surface area contributed by atoms with Crippen LogP contribution in [0.1, 0.15) is 11.5 Å². The molecule has 5 heteroatoms. The standard InChI is InChI=1S/C9H9IN4/c1-6-9(10)13-7(2)14(6)8-3-4-11-5-12-8/h3-5H,1-2H3. The number of hydrogen-bond donors (Lipinski definition) is 0.